The van der Waals surface area contributed by atoms with Gasteiger partial charge in [-0.15, -0.1) is 0 Å². The lowest BCUT2D eigenvalue weighted by Crippen LogP contribution is -2.29. The van der Waals surface area contributed by atoms with Crippen molar-refractivity contribution in [1.29, 1.82) is 0 Å². The second-order valence-corrected chi connectivity index (χ2v) is 11.9. The van der Waals surface area contributed by atoms with E-state index in [1.807, 2.05) is 55.5 Å². The van der Waals surface area contributed by atoms with E-state index in [4.69, 9.17) is 9.72 Å². The van der Waals surface area contributed by atoms with Crippen molar-refractivity contribution in [2.45, 2.75) is 52.5 Å². The average molecular weight is 541 g/mol. The predicted molar refractivity (Wildman–Crippen MR) is 157 cm³/mol. The molecule has 1 saturated heterocycles. The summed E-state index contributed by atoms with van der Waals surface area (Å²) in [4.78, 5) is 33.5. The molecule has 1 aliphatic rings. The number of aliphatic hydroxyl groups excluding tert-OH is 1. The highest BCUT2D eigenvalue weighted by Gasteiger charge is 2.48. The van der Waals surface area contributed by atoms with E-state index in [0.717, 1.165) is 33.3 Å². The highest BCUT2D eigenvalue weighted by atomic mass is 32.1. The molecule has 1 amide bonds. The number of aliphatic hydroxyl groups is 1. The van der Waals surface area contributed by atoms with E-state index < -0.39 is 17.7 Å². The first-order valence-electron chi connectivity index (χ1n) is 13.0. The zero-order valence-corrected chi connectivity index (χ0v) is 23.8. The molecule has 6 nitrogen and oxygen atoms in total. The Morgan fingerprint density at radius 2 is 1.85 bits per heavy atom. The molecule has 1 N–H and O–H groups in total. The number of carbonyl (C=O) groups is 2. The van der Waals surface area contributed by atoms with Crippen LogP contribution in [0.15, 0.2) is 66.2 Å². The number of anilines is 1. The number of fused-ring (bicyclic) bond motifs is 1. The van der Waals surface area contributed by atoms with Gasteiger partial charge in [0, 0.05) is 0 Å². The SMILES string of the molecule is CCc1ccc2nc(N3C(=O)C(=O)/C(=C(/O)c4cc(C(C)(C)C)ccc4OC)C3c3cccc(C)c3)sc2c1. The fourth-order valence-electron chi connectivity index (χ4n) is 4.97. The first-order valence-corrected chi connectivity index (χ1v) is 13.8. The Kier molecular flexibility index (Phi) is 6.81. The van der Waals surface area contributed by atoms with Gasteiger partial charge in [0.2, 0.25) is 0 Å². The fraction of sp³-hybridized carbons (Fsp3) is 0.281. The Morgan fingerprint density at radius 3 is 2.51 bits per heavy atom. The summed E-state index contributed by atoms with van der Waals surface area (Å²) in [7, 11) is 1.52. The molecule has 1 aromatic heterocycles. The lowest BCUT2D eigenvalue weighted by Gasteiger charge is -2.24. The van der Waals surface area contributed by atoms with E-state index in [0.29, 0.717) is 16.4 Å². The van der Waals surface area contributed by atoms with Crippen molar-refractivity contribution >= 4 is 44.1 Å². The first kappa shape index (κ1) is 26.6. The van der Waals surface area contributed by atoms with Gasteiger partial charge in [0.15, 0.2) is 5.13 Å². The van der Waals surface area contributed by atoms with Crippen LogP contribution >= 0.6 is 11.3 Å². The van der Waals surface area contributed by atoms with Crippen molar-refractivity contribution in [2.24, 2.45) is 0 Å². The molecule has 4 aromatic rings. The van der Waals surface area contributed by atoms with E-state index >= 15 is 0 Å². The van der Waals surface area contributed by atoms with E-state index in [1.54, 1.807) is 6.07 Å². The number of hydrogen-bond donors (Lipinski definition) is 1. The maximum absolute atomic E-state index is 13.7. The van der Waals surface area contributed by atoms with E-state index in [9.17, 15) is 14.7 Å². The largest absolute Gasteiger partial charge is 0.507 e. The van der Waals surface area contributed by atoms with Crippen LogP contribution in [0.25, 0.3) is 16.0 Å². The van der Waals surface area contributed by atoms with E-state index in [-0.39, 0.29) is 16.7 Å². The summed E-state index contributed by atoms with van der Waals surface area (Å²) in [6.07, 6.45) is 0.881. The molecule has 3 aromatic carbocycles. The Labute approximate surface area is 232 Å². The highest BCUT2D eigenvalue weighted by Crippen LogP contribution is 2.45. The molecule has 1 fully saturated rings. The second kappa shape index (κ2) is 9.97. The van der Waals surface area contributed by atoms with Crippen LogP contribution < -0.4 is 9.64 Å². The van der Waals surface area contributed by atoms with Crippen LogP contribution in [0.4, 0.5) is 5.13 Å². The molecular formula is C32H32N2O4S. The number of nitrogens with zero attached hydrogens (tertiary/aromatic N) is 2. The number of aromatic nitrogens is 1. The number of thiazole rings is 1. The van der Waals surface area contributed by atoms with Gasteiger partial charge in [-0.1, -0.05) is 81.0 Å². The summed E-state index contributed by atoms with van der Waals surface area (Å²) in [5.74, 6) is -1.32. The maximum atomic E-state index is 13.7. The van der Waals surface area contributed by atoms with Gasteiger partial charge in [0.05, 0.1) is 34.5 Å². The normalized spacial score (nSPS) is 17.3. The lowest BCUT2D eigenvalue weighted by atomic mass is 9.85. The third kappa shape index (κ3) is 4.72. The summed E-state index contributed by atoms with van der Waals surface area (Å²) < 4.78 is 6.51. The van der Waals surface area contributed by atoms with Gasteiger partial charge in [-0.2, -0.15) is 0 Å². The zero-order valence-electron chi connectivity index (χ0n) is 23.0. The molecule has 0 spiro atoms. The molecule has 7 heteroatoms. The number of rotatable bonds is 5. The lowest BCUT2D eigenvalue weighted by molar-refractivity contribution is -0.132. The molecule has 0 saturated carbocycles. The van der Waals surface area contributed by atoms with Crippen LogP contribution in [0, 0.1) is 6.92 Å². The Balaban J connectivity index is 1.76. The summed E-state index contributed by atoms with van der Waals surface area (Å²) >= 11 is 1.37. The van der Waals surface area contributed by atoms with Crippen LogP contribution in [0.3, 0.4) is 0 Å². The van der Waals surface area contributed by atoms with Crippen molar-refractivity contribution < 1.29 is 19.4 Å². The molecule has 200 valence electrons. The third-order valence-corrected chi connectivity index (χ3v) is 8.20. The molecular weight excluding hydrogens is 508 g/mol. The highest BCUT2D eigenvalue weighted by molar-refractivity contribution is 7.22. The van der Waals surface area contributed by atoms with Crippen molar-refractivity contribution in [3.8, 4) is 5.75 Å². The number of methoxy groups -OCH3 is 1. The molecule has 1 atom stereocenters. The van der Waals surface area contributed by atoms with Crippen LogP contribution in [0.5, 0.6) is 5.75 Å². The summed E-state index contributed by atoms with van der Waals surface area (Å²) in [6, 6.07) is 18.4. The molecule has 0 radical (unpaired) electrons. The van der Waals surface area contributed by atoms with Gasteiger partial charge in [0.1, 0.15) is 11.5 Å². The number of aryl methyl sites for hydroxylation is 2. The van der Waals surface area contributed by atoms with Crippen LogP contribution in [0.1, 0.15) is 61.6 Å². The molecule has 2 heterocycles. The minimum absolute atomic E-state index is 0.0171. The third-order valence-electron chi connectivity index (χ3n) is 7.18. The van der Waals surface area contributed by atoms with Crippen molar-refractivity contribution in [1.82, 2.24) is 4.98 Å². The number of carbonyl (C=O) groups excluding carboxylic acids is 2. The second-order valence-electron chi connectivity index (χ2n) is 10.9. The number of hydrogen-bond acceptors (Lipinski definition) is 6. The van der Waals surface area contributed by atoms with Crippen molar-refractivity contribution in [3.63, 3.8) is 0 Å². The number of benzene rings is 3. The van der Waals surface area contributed by atoms with Crippen molar-refractivity contribution in [2.75, 3.05) is 12.0 Å². The number of ether oxygens (including phenoxy) is 1. The Bertz CT molecular complexity index is 1640. The van der Waals surface area contributed by atoms with Gasteiger partial charge < -0.3 is 9.84 Å². The number of ketones is 1. The van der Waals surface area contributed by atoms with Gasteiger partial charge in [-0.05, 0) is 59.7 Å². The Hall–Kier alpha value is -3.97. The number of Topliss-reactive ketones (excluding diaryl/α,β-unsaturated/α-hetero) is 1. The molecule has 1 unspecified atom stereocenters. The summed E-state index contributed by atoms with van der Waals surface area (Å²) in [5.41, 5.74) is 4.77. The molecule has 0 aliphatic carbocycles. The Morgan fingerprint density at radius 1 is 1.08 bits per heavy atom. The predicted octanol–water partition coefficient (Wildman–Crippen LogP) is 7.10. The van der Waals surface area contributed by atoms with E-state index in [2.05, 4.69) is 33.8 Å². The maximum Gasteiger partial charge on any atom is 0.301 e. The standard InChI is InChI=1S/C32H32N2O4S/c1-7-19-11-13-23-25(16-19)39-31(33-23)34-27(20-10-8-9-18(2)15-20)26(29(36)30(34)37)28(35)22-17-21(32(3,4)5)12-14-24(22)38-6/h8-17,27,35H,7H2,1-6H3/b28-26+. The van der Waals surface area contributed by atoms with E-state index in [1.165, 1.54) is 28.9 Å². The first-order chi connectivity index (χ1) is 18.5. The van der Waals surface area contributed by atoms with Crippen molar-refractivity contribution in [3.05, 3.63) is 94.1 Å². The quantitative estimate of drug-likeness (QED) is 0.166. The molecule has 0 bridgehead atoms. The summed E-state index contributed by atoms with van der Waals surface area (Å²) in [5, 5.41) is 12.2. The van der Waals surface area contributed by atoms with Gasteiger partial charge in [-0.25, -0.2) is 4.98 Å². The minimum atomic E-state index is -0.848. The molecule has 5 rings (SSSR count). The average Bonchev–Trinajstić information content (AvgIpc) is 3.44. The van der Waals surface area contributed by atoms with Crippen LogP contribution in [-0.2, 0) is 21.4 Å². The smallest absolute Gasteiger partial charge is 0.301 e. The number of amides is 1. The van der Waals surface area contributed by atoms with Gasteiger partial charge in [0.25, 0.3) is 5.78 Å². The van der Waals surface area contributed by atoms with Gasteiger partial charge >= 0.3 is 5.91 Å². The fourth-order valence-corrected chi connectivity index (χ4v) is 6.03. The topological polar surface area (TPSA) is 79.7 Å². The molecule has 39 heavy (non-hydrogen) atoms. The minimum Gasteiger partial charge on any atom is -0.507 e. The van der Waals surface area contributed by atoms with Gasteiger partial charge in [-0.3, -0.25) is 14.5 Å². The van der Waals surface area contributed by atoms with Crippen LogP contribution in [-0.4, -0.2) is 28.9 Å². The summed E-state index contributed by atoms with van der Waals surface area (Å²) in [6.45, 7) is 10.3. The monoisotopic (exact) mass is 540 g/mol. The zero-order chi connectivity index (χ0) is 28.1. The molecule has 1 aliphatic heterocycles. The van der Waals surface area contributed by atoms with Crippen LogP contribution in [0.2, 0.25) is 0 Å².